The molecule has 0 aromatic heterocycles. The highest BCUT2D eigenvalue weighted by Crippen LogP contribution is 2.18. The molecule has 6 heteroatoms. The summed E-state index contributed by atoms with van der Waals surface area (Å²) in [4.78, 5) is 13.5. The van der Waals surface area contributed by atoms with E-state index in [4.69, 9.17) is 0 Å². The van der Waals surface area contributed by atoms with Crippen molar-refractivity contribution in [2.75, 3.05) is 25.5 Å². The number of amides is 2. The van der Waals surface area contributed by atoms with Crippen molar-refractivity contribution in [3.63, 3.8) is 0 Å². The van der Waals surface area contributed by atoms with Crippen LogP contribution in [0, 0.1) is 5.82 Å². The van der Waals surface area contributed by atoms with Gasteiger partial charge >= 0.3 is 6.03 Å². The van der Waals surface area contributed by atoms with Gasteiger partial charge in [0.2, 0.25) is 0 Å². The van der Waals surface area contributed by atoms with Crippen LogP contribution in [0.4, 0.5) is 14.9 Å². The maximum absolute atomic E-state index is 13.9. The molecular formula is C19H24FN3O2. The van der Waals surface area contributed by atoms with E-state index in [1.807, 2.05) is 30.3 Å². The predicted molar refractivity (Wildman–Crippen MR) is 97.0 cm³/mol. The van der Waals surface area contributed by atoms with Gasteiger partial charge in [-0.05, 0) is 29.7 Å². The summed E-state index contributed by atoms with van der Waals surface area (Å²) in [5.74, 6) is -0.323. The number of hydrogen-bond acceptors (Lipinski definition) is 3. The highest BCUT2D eigenvalue weighted by atomic mass is 19.1. The zero-order valence-corrected chi connectivity index (χ0v) is 14.5. The van der Waals surface area contributed by atoms with Gasteiger partial charge in [-0.15, -0.1) is 0 Å². The van der Waals surface area contributed by atoms with Crippen molar-refractivity contribution in [3.8, 4) is 0 Å². The van der Waals surface area contributed by atoms with Gasteiger partial charge in [0.25, 0.3) is 0 Å². The summed E-state index contributed by atoms with van der Waals surface area (Å²) in [5.41, 5.74) is 2.01. The summed E-state index contributed by atoms with van der Waals surface area (Å²) in [6.07, 6.45) is -0.196. The second-order valence-electron chi connectivity index (χ2n) is 6.00. The molecule has 0 aliphatic rings. The first kappa shape index (κ1) is 18.7. The topological polar surface area (TPSA) is 64.6 Å². The molecular weight excluding hydrogens is 321 g/mol. The molecule has 25 heavy (non-hydrogen) atoms. The van der Waals surface area contributed by atoms with Gasteiger partial charge in [-0.25, -0.2) is 9.18 Å². The Labute approximate surface area is 147 Å². The van der Waals surface area contributed by atoms with Gasteiger partial charge in [0.15, 0.2) is 0 Å². The highest BCUT2D eigenvalue weighted by molar-refractivity contribution is 5.73. The third kappa shape index (κ3) is 5.76. The number of aliphatic hydroxyl groups excluding tert-OH is 1. The SMILES string of the molecule is CN(C)c1ccc(CNC(=O)NCCC(O)c2ccccc2)cc1F. The lowest BCUT2D eigenvalue weighted by Crippen LogP contribution is -2.36. The first-order valence-corrected chi connectivity index (χ1v) is 8.18. The Bertz CT molecular complexity index is 692. The number of nitrogens with zero attached hydrogens (tertiary/aromatic N) is 1. The molecule has 1 unspecified atom stereocenters. The van der Waals surface area contributed by atoms with Crippen molar-refractivity contribution < 1.29 is 14.3 Å². The Morgan fingerprint density at radius 3 is 2.52 bits per heavy atom. The number of nitrogens with one attached hydrogen (secondary N) is 2. The van der Waals surface area contributed by atoms with Gasteiger partial charge in [-0.3, -0.25) is 0 Å². The number of aliphatic hydroxyl groups is 1. The summed E-state index contributed by atoms with van der Waals surface area (Å²) < 4.78 is 13.9. The lowest BCUT2D eigenvalue weighted by atomic mass is 10.1. The van der Waals surface area contributed by atoms with E-state index in [-0.39, 0.29) is 18.4 Å². The van der Waals surface area contributed by atoms with Crippen LogP contribution in [0.5, 0.6) is 0 Å². The van der Waals surface area contributed by atoms with Crippen molar-refractivity contribution in [2.24, 2.45) is 0 Å². The van der Waals surface area contributed by atoms with E-state index in [0.717, 1.165) is 5.56 Å². The van der Waals surface area contributed by atoms with Crippen LogP contribution >= 0.6 is 0 Å². The van der Waals surface area contributed by atoms with Gasteiger partial charge in [-0.2, -0.15) is 0 Å². The number of halogens is 1. The Morgan fingerprint density at radius 1 is 1.16 bits per heavy atom. The predicted octanol–water partition coefficient (Wildman–Crippen LogP) is 2.81. The van der Waals surface area contributed by atoms with Crippen LogP contribution in [0.15, 0.2) is 48.5 Å². The third-order valence-electron chi connectivity index (χ3n) is 3.83. The van der Waals surface area contributed by atoms with Crippen LogP contribution in [0.3, 0.4) is 0 Å². The van der Waals surface area contributed by atoms with Crippen LogP contribution in [0.25, 0.3) is 0 Å². The van der Waals surface area contributed by atoms with E-state index in [9.17, 15) is 14.3 Å². The van der Waals surface area contributed by atoms with E-state index in [2.05, 4.69) is 10.6 Å². The largest absolute Gasteiger partial charge is 0.388 e. The maximum Gasteiger partial charge on any atom is 0.315 e. The Balaban J connectivity index is 1.73. The van der Waals surface area contributed by atoms with Crippen LogP contribution in [-0.2, 0) is 6.54 Å². The number of rotatable bonds is 7. The van der Waals surface area contributed by atoms with Crippen molar-refractivity contribution >= 4 is 11.7 Å². The molecule has 0 radical (unpaired) electrons. The van der Waals surface area contributed by atoms with Crippen molar-refractivity contribution in [1.29, 1.82) is 0 Å². The van der Waals surface area contributed by atoms with E-state index in [0.29, 0.717) is 24.2 Å². The molecule has 2 aromatic carbocycles. The smallest absolute Gasteiger partial charge is 0.315 e. The normalized spacial score (nSPS) is 11.7. The minimum Gasteiger partial charge on any atom is -0.388 e. The number of carbonyl (C=O) groups is 1. The molecule has 0 aliphatic carbocycles. The third-order valence-corrected chi connectivity index (χ3v) is 3.83. The van der Waals surface area contributed by atoms with Crippen LogP contribution in [-0.4, -0.2) is 31.8 Å². The van der Waals surface area contributed by atoms with Gasteiger partial charge in [0, 0.05) is 27.2 Å². The van der Waals surface area contributed by atoms with Gasteiger partial charge < -0.3 is 20.6 Å². The van der Waals surface area contributed by atoms with Crippen LogP contribution < -0.4 is 15.5 Å². The first-order valence-electron chi connectivity index (χ1n) is 8.18. The lowest BCUT2D eigenvalue weighted by Gasteiger charge is -2.15. The summed E-state index contributed by atoms with van der Waals surface area (Å²) in [6, 6.07) is 13.8. The number of benzene rings is 2. The Kier molecular flexibility index (Phi) is 6.77. The zero-order valence-electron chi connectivity index (χ0n) is 14.5. The fraction of sp³-hybridized carbons (Fsp3) is 0.316. The fourth-order valence-electron chi connectivity index (χ4n) is 2.43. The van der Waals surface area contributed by atoms with Crippen molar-refractivity contribution in [1.82, 2.24) is 10.6 Å². The molecule has 2 rings (SSSR count). The molecule has 5 nitrogen and oxygen atoms in total. The monoisotopic (exact) mass is 345 g/mol. The average Bonchev–Trinajstić information content (AvgIpc) is 2.60. The molecule has 0 bridgehead atoms. The van der Waals surface area contributed by atoms with Crippen molar-refractivity contribution in [2.45, 2.75) is 19.1 Å². The first-order chi connectivity index (χ1) is 12.0. The van der Waals surface area contributed by atoms with E-state index >= 15 is 0 Å². The van der Waals surface area contributed by atoms with Crippen LogP contribution in [0.1, 0.15) is 23.7 Å². The second-order valence-corrected chi connectivity index (χ2v) is 6.00. The minimum absolute atomic E-state index is 0.234. The molecule has 0 spiro atoms. The van der Waals surface area contributed by atoms with Gasteiger partial charge in [-0.1, -0.05) is 36.4 Å². The molecule has 134 valence electrons. The second kappa shape index (κ2) is 9.03. The molecule has 3 N–H and O–H groups in total. The van der Waals surface area contributed by atoms with E-state index in [1.54, 1.807) is 31.1 Å². The number of carbonyl (C=O) groups excluding carboxylic acids is 1. The molecule has 0 aliphatic heterocycles. The number of anilines is 1. The molecule has 1 atom stereocenters. The van der Waals surface area contributed by atoms with E-state index < -0.39 is 6.10 Å². The maximum atomic E-state index is 13.9. The number of urea groups is 1. The quantitative estimate of drug-likeness (QED) is 0.723. The summed E-state index contributed by atoms with van der Waals surface area (Å²) in [5, 5.41) is 15.4. The van der Waals surface area contributed by atoms with Gasteiger partial charge in [0.1, 0.15) is 5.82 Å². The Morgan fingerprint density at radius 2 is 1.88 bits per heavy atom. The lowest BCUT2D eigenvalue weighted by molar-refractivity contribution is 0.167. The number of hydrogen-bond donors (Lipinski definition) is 3. The van der Waals surface area contributed by atoms with Crippen LogP contribution in [0.2, 0.25) is 0 Å². The molecule has 0 saturated heterocycles. The standard InChI is InChI=1S/C19H24FN3O2/c1-23(2)17-9-8-14(12-16(17)20)13-22-19(25)21-11-10-18(24)15-6-4-3-5-7-15/h3-9,12,18,24H,10-11,13H2,1-2H3,(H2,21,22,25). The highest BCUT2D eigenvalue weighted by Gasteiger charge is 2.09. The fourth-order valence-corrected chi connectivity index (χ4v) is 2.43. The summed E-state index contributed by atoms with van der Waals surface area (Å²) >= 11 is 0. The molecule has 0 saturated carbocycles. The van der Waals surface area contributed by atoms with Gasteiger partial charge in [0.05, 0.1) is 11.8 Å². The molecule has 2 amide bonds. The Hall–Kier alpha value is -2.60. The summed E-state index contributed by atoms with van der Waals surface area (Å²) in [6.45, 7) is 0.577. The van der Waals surface area contributed by atoms with Crippen molar-refractivity contribution in [3.05, 3.63) is 65.5 Å². The zero-order chi connectivity index (χ0) is 18.2. The molecule has 2 aromatic rings. The van der Waals surface area contributed by atoms with E-state index in [1.165, 1.54) is 6.07 Å². The minimum atomic E-state index is -0.617. The summed E-state index contributed by atoms with van der Waals surface area (Å²) in [7, 11) is 3.54. The molecule has 0 heterocycles. The molecule has 0 fully saturated rings. The average molecular weight is 345 g/mol.